The van der Waals surface area contributed by atoms with Crippen molar-refractivity contribution in [2.24, 2.45) is 0 Å². The number of methoxy groups -OCH3 is 2. The van der Waals surface area contributed by atoms with Gasteiger partial charge >= 0.3 is 0 Å². The summed E-state index contributed by atoms with van der Waals surface area (Å²) in [5.41, 5.74) is 7.28. The van der Waals surface area contributed by atoms with Gasteiger partial charge in [0.25, 0.3) is 22.9 Å². The van der Waals surface area contributed by atoms with Crippen molar-refractivity contribution in [1.29, 1.82) is 0 Å². The zero-order chi connectivity index (χ0) is 49.6. The van der Waals surface area contributed by atoms with Crippen LogP contribution in [0.25, 0.3) is 21.8 Å². The van der Waals surface area contributed by atoms with Gasteiger partial charge in [0, 0.05) is 100 Å². The Bertz CT molecular complexity index is 2620. The Labute approximate surface area is 412 Å². The summed E-state index contributed by atoms with van der Waals surface area (Å²) in [7, 11) is 6.35. The lowest BCUT2D eigenvalue weighted by molar-refractivity contribution is 0.0956. The molecular formula is C56H72N8O6. The number of rotatable bonds is 18. The van der Waals surface area contributed by atoms with E-state index in [9.17, 15) is 19.2 Å². The number of nitrogens with zero attached hydrogens (tertiary/aromatic N) is 4. The number of hydrogen-bond donors (Lipinski definition) is 4. The molecule has 70 heavy (non-hydrogen) atoms. The zero-order valence-electron chi connectivity index (χ0n) is 41.9. The first-order valence-corrected chi connectivity index (χ1v) is 25.0. The first-order valence-electron chi connectivity index (χ1n) is 25.0. The quantitative estimate of drug-likeness (QED) is 0.0766. The van der Waals surface area contributed by atoms with Crippen LogP contribution in [0, 0.1) is 0 Å². The molecule has 0 saturated carbocycles. The van der Waals surface area contributed by atoms with Crippen LogP contribution < -0.4 is 41.9 Å². The number of benzene rings is 4. The van der Waals surface area contributed by atoms with Gasteiger partial charge in [-0.3, -0.25) is 19.2 Å². The number of carbonyl (C=O) groups excluding carboxylic acids is 2. The molecule has 2 aromatic heterocycles. The molecule has 0 unspecified atom stereocenters. The normalized spacial score (nSPS) is 14.8. The predicted molar refractivity (Wildman–Crippen MR) is 281 cm³/mol. The van der Waals surface area contributed by atoms with Gasteiger partial charge in [-0.05, 0) is 111 Å². The fraction of sp³-hybridized carbons (Fsp3) is 0.429. The molecule has 0 atom stereocenters. The minimum Gasteiger partial charge on any atom is -0.497 e. The number of likely N-dealkylation sites (tertiary alicyclic amines) is 2. The fourth-order valence-corrected chi connectivity index (χ4v) is 9.60. The summed E-state index contributed by atoms with van der Waals surface area (Å²) in [4.78, 5) is 55.5. The van der Waals surface area contributed by atoms with Gasteiger partial charge in [-0.1, -0.05) is 62.4 Å². The second-order valence-corrected chi connectivity index (χ2v) is 18.4. The Morgan fingerprint density at radius 3 is 1.20 bits per heavy atom. The van der Waals surface area contributed by atoms with Crippen LogP contribution in [0.1, 0.15) is 82.5 Å². The summed E-state index contributed by atoms with van der Waals surface area (Å²) < 4.78 is 14.3. The second kappa shape index (κ2) is 25.0. The van der Waals surface area contributed by atoms with Crippen LogP contribution in [0.4, 0.5) is 0 Å². The second-order valence-electron chi connectivity index (χ2n) is 18.4. The third-order valence-electron chi connectivity index (χ3n) is 14.1. The van der Waals surface area contributed by atoms with Crippen molar-refractivity contribution >= 4 is 33.6 Å². The number of ether oxygens (including phenoxy) is 2. The predicted octanol–water partition coefficient (Wildman–Crippen LogP) is 6.37. The first-order chi connectivity index (χ1) is 34.0. The van der Waals surface area contributed by atoms with E-state index in [2.05, 4.69) is 93.4 Å². The molecule has 14 nitrogen and oxygen atoms in total. The maximum Gasteiger partial charge on any atom is 0.251 e. The molecule has 0 radical (unpaired) electrons. The minimum absolute atomic E-state index is 0.171. The average Bonchev–Trinajstić information content (AvgIpc) is 3.41. The first kappa shape index (κ1) is 51.5. The SMILES string of the molecule is CCc1ccc(CNC2CCN(CCn3c(=O)cc(C(=O)NC)c4ccc(OC)cc43)CC2)cc1.CCc1ccc(CNC2CCN(CCn3c(=O)cc(C(=O)NC)c4ccc(OC)cc43)CC2)cc1. The van der Waals surface area contributed by atoms with Crippen molar-refractivity contribution in [2.45, 2.75) is 90.6 Å². The van der Waals surface area contributed by atoms with Gasteiger partial charge in [0.1, 0.15) is 11.5 Å². The van der Waals surface area contributed by atoms with Crippen molar-refractivity contribution < 1.29 is 19.1 Å². The number of nitrogens with one attached hydrogen (secondary N) is 4. The highest BCUT2D eigenvalue weighted by Gasteiger charge is 2.22. The van der Waals surface area contributed by atoms with Gasteiger partial charge in [-0.25, -0.2) is 0 Å². The summed E-state index contributed by atoms with van der Waals surface area (Å²) >= 11 is 0. The summed E-state index contributed by atoms with van der Waals surface area (Å²) in [5, 5.41) is 14.2. The standard InChI is InChI=1S/2C28H36N4O3/c2*1-4-20-5-7-21(8-6-20)19-30-22-11-13-31(14-12-22)15-16-32-26-17-23(35-3)9-10-24(26)25(18-27(32)33)28(34)29-2/h2*5-10,17-18,22,30H,4,11-16,19H2,1-3H3,(H,29,34). The molecule has 0 spiro atoms. The van der Waals surface area contributed by atoms with Crippen LogP contribution in [0.2, 0.25) is 0 Å². The molecule has 2 fully saturated rings. The molecule has 8 rings (SSSR count). The summed E-state index contributed by atoms with van der Waals surface area (Å²) in [6, 6.07) is 32.6. The average molecular weight is 953 g/mol. The number of hydrogen-bond acceptors (Lipinski definition) is 10. The molecule has 14 heteroatoms. The molecule has 2 aliphatic heterocycles. The van der Waals surface area contributed by atoms with E-state index in [0.29, 0.717) is 47.8 Å². The lowest BCUT2D eigenvalue weighted by atomic mass is 10.0. The third-order valence-corrected chi connectivity index (χ3v) is 14.1. The lowest BCUT2D eigenvalue weighted by Gasteiger charge is -2.32. The highest BCUT2D eigenvalue weighted by atomic mass is 16.5. The highest BCUT2D eigenvalue weighted by molar-refractivity contribution is 6.07. The third kappa shape index (κ3) is 13.1. The van der Waals surface area contributed by atoms with Crippen LogP contribution in [0.3, 0.4) is 0 Å². The molecule has 4 heterocycles. The van der Waals surface area contributed by atoms with Crippen LogP contribution in [0.5, 0.6) is 11.5 Å². The summed E-state index contributed by atoms with van der Waals surface area (Å²) in [6.07, 6.45) is 6.50. The van der Waals surface area contributed by atoms with Crippen molar-refractivity contribution in [3.8, 4) is 11.5 Å². The van der Waals surface area contributed by atoms with E-state index >= 15 is 0 Å². The smallest absolute Gasteiger partial charge is 0.251 e. The molecule has 0 aliphatic carbocycles. The maximum absolute atomic E-state index is 13.0. The Hall–Kier alpha value is -6.32. The van der Waals surface area contributed by atoms with E-state index in [1.807, 2.05) is 36.4 Å². The molecule has 0 bridgehead atoms. The molecule has 2 saturated heterocycles. The molecular weight excluding hydrogens is 881 g/mol. The molecule has 2 aliphatic rings. The molecule has 372 valence electrons. The van der Waals surface area contributed by atoms with E-state index in [-0.39, 0.29) is 22.9 Å². The van der Waals surface area contributed by atoms with Crippen LogP contribution >= 0.6 is 0 Å². The number of aryl methyl sites for hydroxylation is 2. The molecule has 6 aromatic rings. The number of pyridine rings is 2. The number of carbonyl (C=O) groups is 2. The number of amides is 2. The van der Waals surface area contributed by atoms with Crippen molar-refractivity contribution in [3.63, 3.8) is 0 Å². The Balaban J connectivity index is 0.000000206. The Morgan fingerprint density at radius 2 is 0.871 bits per heavy atom. The highest BCUT2D eigenvalue weighted by Crippen LogP contribution is 2.25. The fourth-order valence-electron chi connectivity index (χ4n) is 9.60. The van der Waals surface area contributed by atoms with E-state index in [0.717, 1.165) is 113 Å². The van der Waals surface area contributed by atoms with Gasteiger partial charge < -0.3 is 49.7 Å². The zero-order valence-corrected chi connectivity index (χ0v) is 41.9. The van der Waals surface area contributed by atoms with E-state index in [4.69, 9.17) is 9.47 Å². The largest absolute Gasteiger partial charge is 0.497 e. The van der Waals surface area contributed by atoms with E-state index in [1.54, 1.807) is 37.4 Å². The van der Waals surface area contributed by atoms with Gasteiger partial charge in [0.05, 0.1) is 36.4 Å². The van der Waals surface area contributed by atoms with Crippen LogP contribution in [0.15, 0.2) is 107 Å². The number of aromatic nitrogens is 2. The van der Waals surface area contributed by atoms with Crippen molar-refractivity contribution in [1.82, 2.24) is 40.2 Å². The van der Waals surface area contributed by atoms with Crippen molar-refractivity contribution in [2.75, 3.05) is 67.6 Å². The molecule has 4 N–H and O–H groups in total. The number of piperidine rings is 2. The van der Waals surface area contributed by atoms with Crippen molar-refractivity contribution in [3.05, 3.63) is 151 Å². The van der Waals surface area contributed by atoms with Gasteiger partial charge in [-0.2, -0.15) is 0 Å². The minimum atomic E-state index is -0.264. The van der Waals surface area contributed by atoms with E-state index in [1.165, 1.54) is 34.4 Å². The lowest BCUT2D eigenvalue weighted by Crippen LogP contribution is -2.43. The topological polar surface area (TPSA) is 151 Å². The maximum atomic E-state index is 13.0. The number of fused-ring (bicyclic) bond motifs is 2. The van der Waals surface area contributed by atoms with Gasteiger partial charge in [0.15, 0.2) is 0 Å². The molecule has 4 aromatic carbocycles. The molecule has 2 amide bonds. The summed E-state index contributed by atoms with van der Waals surface area (Å²) in [6.45, 7) is 12.9. The Kier molecular flexibility index (Phi) is 18.4. The van der Waals surface area contributed by atoms with Crippen LogP contribution in [-0.2, 0) is 39.0 Å². The van der Waals surface area contributed by atoms with Crippen LogP contribution in [-0.4, -0.2) is 110 Å². The van der Waals surface area contributed by atoms with E-state index < -0.39 is 0 Å². The Morgan fingerprint density at radius 1 is 0.514 bits per heavy atom. The monoisotopic (exact) mass is 953 g/mol. The van der Waals surface area contributed by atoms with Gasteiger partial charge in [0.2, 0.25) is 0 Å². The summed E-state index contributed by atoms with van der Waals surface area (Å²) in [5.74, 6) is 0.799. The van der Waals surface area contributed by atoms with Gasteiger partial charge in [-0.15, -0.1) is 0 Å².